The van der Waals surface area contributed by atoms with E-state index in [4.69, 9.17) is 11.6 Å². The smallest absolute Gasteiger partial charge is 0.185 e. The van der Waals surface area contributed by atoms with Gasteiger partial charge in [-0.05, 0) is 48.9 Å². The van der Waals surface area contributed by atoms with Crippen LogP contribution in [0.5, 0.6) is 0 Å². The first-order chi connectivity index (χ1) is 12.9. The van der Waals surface area contributed by atoms with Crippen LogP contribution in [0.4, 0.5) is 0 Å². The van der Waals surface area contributed by atoms with E-state index < -0.39 is 15.1 Å². The van der Waals surface area contributed by atoms with Gasteiger partial charge >= 0.3 is 0 Å². The van der Waals surface area contributed by atoms with E-state index in [1.54, 1.807) is 72.8 Å². The van der Waals surface area contributed by atoms with E-state index in [9.17, 15) is 13.2 Å². The summed E-state index contributed by atoms with van der Waals surface area (Å²) in [6, 6.07) is 22.0. The molecule has 0 aliphatic heterocycles. The fourth-order valence-electron chi connectivity index (χ4n) is 2.89. The summed E-state index contributed by atoms with van der Waals surface area (Å²) < 4.78 is 26.6. The average molecular weight is 399 g/mol. The molecule has 1 atom stereocenters. The second kappa shape index (κ2) is 8.07. The van der Waals surface area contributed by atoms with Crippen molar-refractivity contribution in [3.63, 3.8) is 0 Å². The zero-order chi connectivity index (χ0) is 19.4. The lowest BCUT2D eigenvalue weighted by Gasteiger charge is -2.18. The van der Waals surface area contributed by atoms with Gasteiger partial charge < -0.3 is 0 Å². The van der Waals surface area contributed by atoms with Crippen molar-refractivity contribution in [2.45, 2.75) is 23.5 Å². The zero-order valence-electron chi connectivity index (χ0n) is 14.8. The molecule has 3 nitrogen and oxygen atoms in total. The first kappa shape index (κ1) is 19.3. The molecule has 0 saturated carbocycles. The number of Topliss-reactive ketones (excluding diaryl/α,β-unsaturated/α-hetero) is 1. The number of halogens is 1. The summed E-state index contributed by atoms with van der Waals surface area (Å²) in [4.78, 5) is 13.0. The van der Waals surface area contributed by atoms with Crippen molar-refractivity contribution in [1.29, 1.82) is 0 Å². The third kappa shape index (κ3) is 4.46. The molecule has 3 rings (SSSR count). The molecule has 27 heavy (non-hydrogen) atoms. The summed E-state index contributed by atoms with van der Waals surface area (Å²) in [7, 11) is -3.73. The maximum atomic E-state index is 13.3. The fourth-order valence-corrected chi connectivity index (χ4v) is 4.74. The molecule has 0 amide bonds. The number of sulfone groups is 1. The van der Waals surface area contributed by atoms with Gasteiger partial charge in [-0.25, -0.2) is 8.42 Å². The second-order valence-electron chi connectivity index (χ2n) is 6.39. The van der Waals surface area contributed by atoms with E-state index in [1.807, 2.05) is 13.0 Å². The Hall–Kier alpha value is -2.43. The largest absolute Gasteiger partial charge is 0.294 e. The number of ketones is 1. The Balaban J connectivity index is 2.00. The van der Waals surface area contributed by atoms with E-state index in [0.717, 1.165) is 5.56 Å². The third-order valence-electron chi connectivity index (χ3n) is 4.43. The van der Waals surface area contributed by atoms with Gasteiger partial charge in [0.1, 0.15) is 0 Å². The van der Waals surface area contributed by atoms with Crippen LogP contribution in [0.2, 0.25) is 5.02 Å². The lowest BCUT2D eigenvalue weighted by molar-refractivity contribution is 0.0980. The highest BCUT2D eigenvalue weighted by Gasteiger charge is 2.31. The summed E-state index contributed by atoms with van der Waals surface area (Å²) in [5.74, 6) is -0.240. The Morgan fingerprint density at radius 1 is 0.889 bits per heavy atom. The number of aryl methyl sites for hydroxylation is 1. The van der Waals surface area contributed by atoms with Crippen LogP contribution in [0.25, 0.3) is 0 Å². The van der Waals surface area contributed by atoms with Gasteiger partial charge in [0.05, 0.1) is 10.1 Å². The van der Waals surface area contributed by atoms with E-state index in [2.05, 4.69) is 0 Å². The number of hydrogen-bond acceptors (Lipinski definition) is 3. The summed E-state index contributed by atoms with van der Waals surface area (Å²) in [5.41, 5.74) is 2.02. The first-order valence-corrected chi connectivity index (χ1v) is 10.4. The van der Waals surface area contributed by atoms with Crippen LogP contribution >= 0.6 is 11.6 Å². The molecular weight excluding hydrogens is 380 g/mol. The highest BCUT2D eigenvalue weighted by atomic mass is 35.5. The minimum absolute atomic E-state index is 0.137. The van der Waals surface area contributed by atoms with Crippen molar-refractivity contribution < 1.29 is 13.2 Å². The van der Waals surface area contributed by atoms with Crippen LogP contribution in [-0.2, 0) is 9.84 Å². The topological polar surface area (TPSA) is 51.2 Å². The Bertz CT molecular complexity index is 1030. The van der Waals surface area contributed by atoms with E-state index in [0.29, 0.717) is 16.1 Å². The molecule has 0 aliphatic carbocycles. The molecule has 0 spiro atoms. The van der Waals surface area contributed by atoms with Crippen molar-refractivity contribution in [2.24, 2.45) is 0 Å². The van der Waals surface area contributed by atoms with Crippen LogP contribution < -0.4 is 0 Å². The van der Waals surface area contributed by atoms with Gasteiger partial charge in [-0.15, -0.1) is 0 Å². The van der Waals surface area contributed by atoms with E-state index in [1.165, 1.54) is 0 Å². The number of rotatable bonds is 6. The van der Waals surface area contributed by atoms with Gasteiger partial charge in [0.15, 0.2) is 15.6 Å². The molecule has 138 valence electrons. The van der Waals surface area contributed by atoms with Crippen molar-refractivity contribution in [1.82, 2.24) is 0 Å². The molecule has 0 N–H and O–H groups in total. The maximum absolute atomic E-state index is 13.3. The van der Waals surface area contributed by atoms with Gasteiger partial charge in [0.2, 0.25) is 0 Å². The van der Waals surface area contributed by atoms with Crippen molar-refractivity contribution in [3.8, 4) is 0 Å². The van der Waals surface area contributed by atoms with Gasteiger partial charge in [0.25, 0.3) is 0 Å². The lowest BCUT2D eigenvalue weighted by Crippen LogP contribution is -2.18. The lowest BCUT2D eigenvalue weighted by atomic mass is 10.0. The first-order valence-electron chi connectivity index (χ1n) is 8.52. The number of benzene rings is 3. The van der Waals surface area contributed by atoms with Crippen LogP contribution in [-0.4, -0.2) is 14.2 Å². The minimum Gasteiger partial charge on any atom is -0.294 e. The van der Waals surface area contributed by atoms with Crippen molar-refractivity contribution in [3.05, 3.63) is 101 Å². The SMILES string of the molecule is Cc1ccc(S(=O)(=O)C(CC(=O)c2ccc(Cl)cc2)c2ccccc2)cc1. The summed E-state index contributed by atoms with van der Waals surface area (Å²) in [5, 5.41) is -0.428. The molecule has 5 heteroatoms. The average Bonchev–Trinajstić information content (AvgIpc) is 2.67. The fraction of sp³-hybridized carbons (Fsp3) is 0.136. The minimum atomic E-state index is -3.73. The summed E-state index contributed by atoms with van der Waals surface area (Å²) in [6.45, 7) is 1.90. The normalized spacial score (nSPS) is 12.5. The zero-order valence-corrected chi connectivity index (χ0v) is 16.4. The highest BCUT2D eigenvalue weighted by molar-refractivity contribution is 7.91. The summed E-state index contributed by atoms with van der Waals surface area (Å²) in [6.07, 6.45) is -0.137. The van der Waals surface area contributed by atoms with Crippen molar-refractivity contribution >= 4 is 27.2 Å². The van der Waals surface area contributed by atoms with Crippen molar-refractivity contribution in [2.75, 3.05) is 0 Å². The molecule has 3 aromatic rings. The van der Waals surface area contributed by atoms with Crippen LogP contribution in [0.3, 0.4) is 0 Å². The van der Waals surface area contributed by atoms with Gasteiger partial charge in [-0.3, -0.25) is 4.79 Å². The van der Waals surface area contributed by atoms with Crippen LogP contribution in [0.1, 0.15) is 33.2 Å². The van der Waals surface area contributed by atoms with Gasteiger partial charge in [-0.1, -0.05) is 59.6 Å². The molecular formula is C22H19ClO3S. The monoisotopic (exact) mass is 398 g/mol. The Labute approximate surface area is 164 Å². The predicted molar refractivity (Wildman–Crippen MR) is 108 cm³/mol. The Kier molecular flexibility index (Phi) is 5.78. The molecule has 0 radical (unpaired) electrons. The van der Waals surface area contributed by atoms with Crippen LogP contribution in [0.15, 0.2) is 83.8 Å². The molecule has 0 aromatic heterocycles. The Morgan fingerprint density at radius 3 is 2.07 bits per heavy atom. The number of hydrogen-bond donors (Lipinski definition) is 0. The molecule has 0 fully saturated rings. The maximum Gasteiger partial charge on any atom is 0.185 e. The quantitative estimate of drug-likeness (QED) is 0.520. The molecule has 1 unspecified atom stereocenters. The Morgan fingerprint density at radius 2 is 1.48 bits per heavy atom. The molecule has 0 bridgehead atoms. The highest BCUT2D eigenvalue weighted by Crippen LogP contribution is 2.33. The molecule has 3 aromatic carbocycles. The number of carbonyl (C=O) groups is 1. The molecule has 0 aliphatic rings. The second-order valence-corrected chi connectivity index (χ2v) is 8.96. The van der Waals surface area contributed by atoms with Gasteiger partial charge in [-0.2, -0.15) is 0 Å². The van der Waals surface area contributed by atoms with E-state index in [-0.39, 0.29) is 17.1 Å². The predicted octanol–water partition coefficient (Wildman–Crippen LogP) is 5.44. The van der Waals surface area contributed by atoms with Crippen LogP contribution in [0, 0.1) is 6.92 Å². The molecule has 0 saturated heterocycles. The standard InChI is InChI=1S/C22H19ClO3S/c1-16-7-13-20(14-8-16)27(25,26)22(18-5-3-2-4-6-18)15-21(24)17-9-11-19(23)12-10-17/h2-14,22H,15H2,1H3. The van der Waals surface area contributed by atoms with E-state index >= 15 is 0 Å². The third-order valence-corrected chi connectivity index (χ3v) is 6.80. The van der Waals surface area contributed by atoms with Gasteiger partial charge in [0, 0.05) is 17.0 Å². The summed E-state index contributed by atoms with van der Waals surface area (Å²) >= 11 is 5.88. The number of carbonyl (C=O) groups excluding carboxylic acids is 1. The molecule has 0 heterocycles.